The average molecular weight is 242 g/mol. The van der Waals surface area contributed by atoms with Gasteiger partial charge in [0, 0.05) is 26.2 Å². The van der Waals surface area contributed by atoms with Crippen molar-refractivity contribution in [3.8, 4) is 0 Å². The lowest BCUT2D eigenvalue weighted by Crippen LogP contribution is -2.56. The van der Waals surface area contributed by atoms with Gasteiger partial charge in [-0.2, -0.15) is 0 Å². The topological polar surface area (TPSA) is 55.6 Å². The fourth-order valence-electron chi connectivity index (χ4n) is 2.53. The number of ether oxygens (including phenoxy) is 1. The lowest BCUT2D eigenvalue weighted by atomic mass is 9.89. The van der Waals surface area contributed by atoms with Crippen LogP contribution in [-0.4, -0.2) is 42.6 Å². The average Bonchev–Trinajstić information content (AvgIpc) is 2.36. The molecule has 0 aliphatic heterocycles. The van der Waals surface area contributed by atoms with Crippen LogP contribution in [0.3, 0.4) is 0 Å². The van der Waals surface area contributed by atoms with Crippen molar-refractivity contribution in [2.24, 2.45) is 5.73 Å². The van der Waals surface area contributed by atoms with Crippen molar-refractivity contribution >= 4 is 5.91 Å². The maximum Gasteiger partial charge on any atom is 0.254 e. The van der Waals surface area contributed by atoms with Gasteiger partial charge in [0.2, 0.25) is 0 Å². The fraction of sp³-hybridized carbons (Fsp3) is 0.923. The SMILES string of the molecule is CCC(C)(OC)C(=O)N(C)C1CCCCC1N. The minimum Gasteiger partial charge on any atom is -0.369 e. The summed E-state index contributed by atoms with van der Waals surface area (Å²) in [6.45, 7) is 3.82. The molecule has 1 fully saturated rings. The van der Waals surface area contributed by atoms with Crippen LogP contribution in [0.4, 0.5) is 0 Å². The first-order valence-corrected chi connectivity index (χ1v) is 6.54. The largest absolute Gasteiger partial charge is 0.369 e. The lowest BCUT2D eigenvalue weighted by Gasteiger charge is -2.40. The van der Waals surface area contributed by atoms with Crippen molar-refractivity contribution in [2.75, 3.05) is 14.2 Å². The second-order valence-electron chi connectivity index (χ2n) is 5.22. The molecule has 100 valence electrons. The van der Waals surface area contributed by atoms with Crippen LogP contribution in [0, 0.1) is 0 Å². The predicted octanol–water partition coefficient (Wildman–Crippen LogP) is 1.53. The third-order valence-corrected chi connectivity index (χ3v) is 4.18. The molecule has 0 aromatic heterocycles. The molecule has 0 bridgehead atoms. The number of methoxy groups -OCH3 is 1. The summed E-state index contributed by atoms with van der Waals surface area (Å²) in [4.78, 5) is 14.2. The van der Waals surface area contributed by atoms with Crippen molar-refractivity contribution in [3.63, 3.8) is 0 Å². The number of amides is 1. The van der Waals surface area contributed by atoms with Gasteiger partial charge in [0.15, 0.2) is 0 Å². The molecule has 3 atom stereocenters. The second kappa shape index (κ2) is 5.83. The molecule has 4 nitrogen and oxygen atoms in total. The van der Waals surface area contributed by atoms with E-state index in [1.807, 2.05) is 20.9 Å². The van der Waals surface area contributed by atoms with Crippen LogP contribution in [0.25, 0.3) is 0 Å². The summed E-state index contributed by atoms with van der Waals surface area (Å²) in [5.74, 6) is 0.0462. The number of nitrogens with two attached hydrogens (primary N) is 1. The van der Waals surface area contributed by atoms with Gasteiger partial charge in [-0.15, -0.1) is 0 Å². The number of nitrogens with zero attached hydrogens (tertiary/aromatic N) is 1. The zero-order valence-electron chi connectivity index (χ0n) is 11.5. The van der Waals surface area contributed by atoms with Crippen LogP contribution < -0.4 is 5.73 Å². The Morgan fingerprint density at radius 2 is 2.06 bits per heavy atom. The van der Waals surface area contributed by atoms with Crippen LogP contribution in [0.2, 0.25) is 0 Å². The van der Waals surface area contributed by atoms with Gasteiger partial charge in [-0.25, -0.2) is 0 Å². The molecule has 1 aliphatic carbocycles. The number of hydrogen-bond donors (Lipinski definition) is 1. The molecule has 0 heterocycles. The van der Waals surface area contributed by atoms with Gasteiger partial charge in [0.1, 0.15) is 5.60 Å². The maximum absolute atomic E-state index is 12.4. The Hall–Kier alpha value is -0.610. The summed E-state index contributed by atoms with van der Waals surface area (Å²) < 4.78 is 5.36. The van der Waals surface area contributed by atoms with Crippen LogP contribution in [0.5, 0.6) is 0 Å². The van der Waals surface area contributed by atoms with Crippen LogP contribution in [0.1, 0.15) is 46.0 Å². The molecule has 1 aliphatic rings. The predicted molar refractivity (Wildman–Crippen MR) is 68.7 cm³/mol. The van der Waals surface area contributed by atoms with Crippen molar-refractivity contribution < 1.29 is 9.53 Å². The molecule has 0 spiro atoms. The van der Waals surface area contributed by atoms with E-state index in [0.29, 0.717) is 6.42 Å². The number of carbonyl (C=O) groups excluding carboxylic acids is 1. The summed E-state index contributed by atoms with van der Waals surface area (Å²) in [7, 11) is 3.45. The molecular formula is C13H26N2O2. The first-order valence-electron chi connectivity index (χ1n) is 6.54. The Morgan fingerprint density at radius 1 is 1.47 bits per heavy atom. The van der Waals surface area contributed by atoms with E-state index in [0.717, 1.165) is 19.3 Å². The minimum atomic E-state index is -0.716. The number of rotatable bonds is 4. The molecule has 0 aromatic carbocycles. The Morgan fingerprint density at radius 3 is 2.53 bits per heavy atom. The molecule has 1 amide bonds. The standard InChI is InChI=1S/C13H26N2O2/c1-5-13(2,17-4)12(16)15(3)11-9-7-6-8-10(11)14/h10-11H,5-9,14H2,1-4H3. The van der Waals surface area contributed by atoms with Crippen molar-refractivity contribution in [1.82, 2.24) is 4.90 Å². The third-order valence-electron chi connectivity index (χ3n) is 4.18. The number of likely N-dealkylation sites (N-methyl/N-ethyl adjacent to an activating group) is 1. The highest BCUT2D eigenvalue weighted by atomic mass is 16.5. The molecule has 4 heteroatoms. The summed E-state index contributed by atoms with van der Waals surface area (Å²) in [6.07, 6.45) is 5.03. The Labute approximate surface area is 104 Å². The van der Waals surface area contributed by atoms with E-state index in [-0.39, 0.29) is 18.0 Å². The molecule has 1 saturated carbocycles. The van der Waals surface area contributed by atoms with E-state index in [1.54, 1.807) is 12.0 Å². The summed E-state index contributed by atoms with van der Waals surface area (Å²) in [5, 5.41) is 0. The van der Waals surface area contributed by atoms with Gasteiger partial charge in [-0.3, -0.25) is 4.79 Å². The van der Waals surface area contributed by atoms with Crippen LogP contribution in [-0.2, 0) is 9.53 Å². The van der Waals surface area contributed by atoms with E-state index in [2.05, 4.69) is 0 Å². The maximum atomic E-state index is 12.4. The Bertz CT molecular complexity index is 264. The van der Waals surface area contributed by atoms with E-state index in [9.17, 15) is 4.79 Å². The van der Waals surface area contributed by atoms with Gasteiger partial charge in [-0.1, -0.05) is 19.8 Å². The Kier molecular flexibility index (Phi) is 4.95. The molecule has 17 heavy (non-hydrogen) atoms. The first-order chi connectivity index (χ1) is 7.96. The molecule has 0 radical (unpaired) electrons. The van der Waals surface area contributed by atoms with Crippen LogP contribution >= 0.6 is 0 Å². The van der Waals surface area contributed by atoms with Crippen molar-refractivity contribution in [3.05, 3.63) is 0 Å². The molecule has 1 rings (SSSR count). The van der Waals surface area contributed by atoms with Crippen molar-refractivity contribution in [1.29, 1.82) is 0 Å². The van der Waals surface area contributed by atoms with E-state index < -0.39 is 5.60 Å². The van der Waals surface area contributed by atoms with Crippen LogP contribution in [0.15, 0.2) is 0 Å². The molecular weight excluding hydrogens is 216 g/mol. The van der Waals surface area contributed by atoms with Gasteiger partial charge in [-0.05, 0) is 26.2 Å². The van der Waals surface area contributed by atoms with Gasteiger partial charge < -0.3 is 15.4 Å². The molecule has 0 aromatic rings. The highest BCUT2D eigenvalue weighted by molar-refractivity contribution is 5.85. The molecule has 3 unspecified atom stereocenters. The highest BCUT2D eigenvalue weighted by Gasteiger charge is 2.38. The number of hydrogen-bond acceptors (Lipinski definition) is 3. The van der Waals surface area contributed by atoms with Gasteiger partial charge in [0.25, 0.3) is 5.91 Å². The van der Waals surface area contributed by atoms with E-state index in [1.165, 1.54) is 6.42 Å². The Balaban J connectivity index is 2.74. The molecule has 2 N–H and O–H groups in total. The summed E-state index contributed by atoms with van der Waals surface area (Å²) in [6, 6.07) is 0.271. The fourth-order valence-corrected chi connectivity index (χ4v) is 2.53. The highest BCUT2D eigenvalue weighted by Crippen LogP contribution is 2.25. The quantitative estimate of drug-likeness (QED) is 0.813. The lowest BCUT2D eigenvalue weighted by molar-refractivity contribution is -0.155. The monoisotopic (exact) mass is 242 g/mol. The van der Waals surface area contributed by atoms with Gasteiger partial charge >= 0.3 is 0 Å². The second-order valence-corrected chi connectivity index (χ2v) is 5.22. The summed E-state index contributed by atoms with van der Waals surface area (Å²) in [5.41, 5.74) is 5.39. The van der Waals surface area contributed by atoms with E-state index >= 15 is 0 Å². The zero-order chi connectivity index (χ0) is 13.1. The van der Waals surface area contributed by atoms with Gasteiger partial charge in [0.05, 0.1) is 0 Å². The third kappa shape index (κ3) is 2.99. The smallest absolute Gasteiger partial charge is 0.254 e. The minimum absolute atomic E-state index is 0.0462. The van der Waals surface area contributed by atoms with Crippen molar-refractivity contribution in [2.45, 2.75) is 63.6 Å². The zero-order valence-corrected chi connectivity index (χ0v) is 11.5. The number of carbonyl (C=O) groups is 1. The molecule has 0 saturated heterocycles. The normalized spacial score (nSPS) is 28.5. The first kappa shape index (κ1) is 14.5. The summed E-state index contributed by atoms with van der Waals surface area (Å²) >= 11 is 0. The van der Waals surface area contributed by atoms with E-state index in [4.69, 9.17) is 10.5 Å².